The molecular formula is C9H17N3. The van der Waals surface area contributed by atoms with Gasteiger partial charge in [-0.1, -0.05) is 0 Å². The second kappa shape index (κ2) is 4.44. The van der Waals surface area contributed by atoms with Gasteiger partial charge in [-0.2, -0.15) is 5.26 Å². The van der Waals surface area contributed by atoms with Crippen LogP contribution in [0, 0.1) is 17.2 Å². The molecule has 1 saturated carbocycles. The second-order valence-electron chi connectivity index (χ2n) is 3.70. The van der Waals surface area contributed by atoms with E-state index < -0.39 is 0 Å². The van der Waals surface area contributed by atoms with Crippen LogP contribution in [0.1, 0.15) is 12.8 Å². The largest absolute Gasteiger partial charge is 0.308 e. The van der Waals surface area contributed by atoms with Gasteiger partial charge in [0.05, 0.1) is 12.1 Å². The summed E-state index contributed by atoms with van der Waals surface area (Å²) in [5, 5.41) is 12.0. The minimum atomic E-state index is 0.102. The molecule has 0 aromatic heterocycles. The summed E-state index contributed by atoms with van der Waals surface area (Å²) in [4.78, 5) is 2.12. The van der Waals surface area contributed by atoms with Crippen LogP contribution in [0.15, 0.2) is 0 Å². The van der Waals surface area contributed by atoms with Crippen molar-refractivity contribution in [2.45, 2.75) is 18.9 Å². The first-order valence-electron chi connectivity index (χ1n) is 4.51. The Labute approximate surface area is 74.4 Å². The van der Waals surface area contributed by atoms with Crippen LogP contribution >= 0.6 is 0 Å². The third-order valence-corrected chi connectivity index (χ3v) is 2.16. The molecule has 0 amide bonds. The lowest BCUT2D eigenvalue weighted by Gasteiger charge is -2.13. The SMILES string of the molecule is CN(C)CCNC(C#N)C1CC1. The summed E-state index contributed by atoms with van der Waals surface area (Å²) in [6.45, 7) is 1.92. The molecule has 1 aliphatic rings. The van der Waals surface area contributed by atoms with Crippen molar-refractivity contribution in [2.24, 2.45) is 5.92 Å². The molecule has 0 saturated heterocycles. The van der Waals surface area contributed by atoms with E-state index in [2.05, 4.69) is 16.3 Å². The van der Waals surface area contributed by atoms with Crippen molar-refractivity contribution < 1.29 is 0 Å². The van der Waals surface area contributed by atoms with Crippen LogP contribution in [0.3, 0.4) is 0 Å². The molecule has 1 rings (SSSR count). The molecular weight excluding hydrogens is 150 g/mol. The predicted molar refractivity (Wildman–Crippen MR) is 48.7 cm³/mol. The molecule has 12 heavy (non-hydrogen) atoms. The summed E-state index contributed by atoms with van der Waals surface area (Å²) in [6, 6.07) is 2.41. The van der Waals surface area contributed by atoms with Crippen LogP contribution in [0.25, 0.3) is 0 Å². The molecule has 1 fully saturated rings. The molecule has 1 atom stereocenters. The molecule has 1 unspecified atom stereocenters. The second-order valence-corrected chi connectivity index (χ2v) is 3.70. The van der Waals surface area contributed by atoms with Gasteiger partial charge in [-0.25, -0.2) is 0 Å². The summed E-state index contributed by atoms with van der Waals surface area (Å²) >= 11 is 0. The molecule has 0 aliphatic heterocycles. The maximum atomic E-state index is 8.78. The number of nitrogens with one attached hydrogen (secondary N) is 1. The smallest absolute Gasteiger partial charge is 0.0981 e. The van der Waals surface area contributed by atoms with E-state index in [9.17, 15) is 0 Å². The molecule has 0 radical (unpaired) electrons. The Hall–Kier alpha value is -0.590. The van der Waals surface area contributed by atoms with Crippen LogP contribution in [0.4, 0.5) is 0 Å². The molecule has 0 aromatic rings. The van der Waals surface area contributed by atoms with Crippen molar-refractivity contribution in [3.8, 4) is 6.07 Å². The zero-order chi connectivity index (χ0) is 8.97. The summed E-state index contributed by atoms with van der Waals surface area (Å²) in [5.41, 5.74) is 0. The van der Waals surface area contributed by atoms with Crippen LogP contribution in [-0.4, -0.2) is 38.1 Å². The van der Waals surface area contributed by atoms with Gasteiger partial charge < -0.3 is 10.2 Å². The lowest BCUT2D eigenvalue weighted by Crippen LogP contribution is -2.35. The van der Waals surface area contributed by atoms with Crippen molar-refractivity contribution >= 4 is 0 Å². The average Bonchev–Trinajstić information content (AvgIpc) is 2.80. The molecule has 0 spiro atoms. The Morgan fingerprint density at radius 1 is 1.58 bits per heavy atom. The predicted octanol–water partition coefficient (Wildman–Crippen LogP) is 0.440. The standard InChI is InChI=1S/C9H17N3/c1-12(2)6-5-11-9(7-10)8-3-4-8/h8-9,11H,3-6H2,1-2H3. The van der Waals surface area contributed by atoms with Gasteiger partial charge in [-0.15, -0.1) is 0 Å². The first kappa shape index (κ1) is 9.50. The number of likely N-dealkylation sites (N-methyl/N-ethyl adjacent to an activating group) is 1. The van der Waals surface area contributed by atoms with E-state index >= 15 is 0 Å². The summed E-state index contributed by atoms with van der Waals surface area (Å²) < 4.78 is 0. The highest BCUT2D eigenvalue weighted by molar-refractivity contribution is 5.00. The van der Waals surface area contributed by atoms with E-state index in [1.807, 2.05) is 14.1 Å². The average molecular weight is 167 g/mol. The van der Waals surface area contributed by atoms with Crippen LogP contribution < -0.4 is 5.32 Å². The number of hydrogen-bond acceptors (Lipinski definition) is 3. The molecule has 3 heteroatoms. The van der Waals surface area contributed by atoms with Gasteiger partial charge in [0.1, 0.15) is 0 Å². The van der Waals surface area contributed by atoms with Gasteiger partial charge in [-0.05, 0) is 32.9 Å². The first-order chi connectivity index (χ1) is 5.74. The number of hydrogen-bond donors (Lipinski definition) is 1. The monoisotopic (exact) mass is 167 g/mol. The summed E-state index contributed by atoms with van der Waals surface area (Å²) in [5.74, 6) is 0.636. The molecule has 3 nitrogen and oxygen atoms in total. The van der Waals surface area contributed by atoms with Crippen LogP contribution in [0.2, 0.25) is 0 Å². The van der Waals surface area contributed by atoms with Gasteiger partial charge in [0, 0.05) is 13.1 Å². The van der Waals surface area contributed by atoms with Crippen molar-refractivity contribution in [3.05, 3.63) is 0 Å². The van der Waals surface area contributed by atoms with E-state index in [1.165, 1.54) is 12.8 Å². The number of rotatable bonds is 5. The zero-order valence-corrected chi connectivity index (χ0v) is 7.88. The Kier molecular flexibility index (Phi) is 3.51. The topological polar surface area (TPSA) is 39.1 Å². The maximum absolute atomic E-state index is 8.78. The molecule has 0 bridgehead atoms. The highest BCUT2D eigenvalue weighted by Crippen LogP contribution is 2.32. The van der Waals surface area contributed by atoms with E-state index in [0.717, 1.165) is 13.1 Å². The van der Waals surface area contributed by atoms with E-state index in [0.29, 0.717) is 5.92 Å². The molecule has 1 aliphatic carbocycles. The van der Waals surface area contributed by atoms with Crippen LogP contribution in [-0.2, 0) is 0 Å². The van der Waals surface area contributed by atoms with Gasteiger partial charge in [0.15, 0.2) is 0 Å². The zero-order valence-electron chi connectivity index (χ0n) is 7.88. The van der Waals surface area contributed by atoms with Gasteiger partial charge in [0.2, 0.25) is 0 Å². The Bertz CT molecular complexity index is 167. The van der Waals surface area contributed by atoms with Crippen molar-refractivity contribution in [3.63, 3.8) is 0 Å². The minimum absolute atomic E-state index is 0.102. The number of nitriles is 1. The maximum Gasteiger partial charge on any atom is 0.0981 e. The van der Waals surface area contributed by atoms with E-state index in [1.54, 1.807) is 0 Å². The first-order valence-corrected chi connectivity index (χ1v) is 4.51. The molecule has 68 valence electrons. The molecule has 1 N–H and O–H groups in total. The minimum Gasteiger partial charge on any atom is -0.308 e. The fourth-order valence-electron chi connectivity index (χ4n) is 1.19. The fourth-order valence-corrected chi connectivity index (χ4v) is 1.19. The summed E-state index contributed by atoms with van der Waals surface area (Å²) in [6.07, 6.45) is 2.46. The van der Waals surface area contributed by atoms with Crippen molar-refractivity contribution in [1.82, 2.24) is 10.2 Å². The third kappa shape index (κ3) is 3.21. The Balaban J connectivity index is 2.08. The fraction of sp³-hybridized carbons (Fsp3) is 0.889. The lowest BCUT2D eigenvalue weighted by molar-refractivity contribution is 0.388. The number of nitrogens with zero attached hydrogens (tertiary/aromatic N) is 2. The highest BCUT2D eigenvalue weighted by atomic mass is 15.1. The quantitative estimate of drug-likeness (QED) is 0.646. The van der Waals surface area contributed by atoms with E-state index in [4.69, 9.17) is 5.26 Å². The van der Waals surface area contributed by atoms with Crippen molar-refractivity contribution in [1.29, 1.82) is 5.26 Å². The van der Waals surface area contributed by atoms with E-state index in [-0.39, 0.29) is 6.04 Å². The third-order valence-electron chi connectivity index (χ3n) is 2.16. The Morgan fingerprint density at radius 3 is 2.67 bits per heavy atom. The van der Waals surface area contributed by atoms with Gasteiger partial charge in [-0.3, -0.25) is 0 Å². The Morgan fingerprint density at radius 2 is 2.25 bits per heavy atom. The molecule has 0 heterocycles. The lowest BCUT2D eigenvalue weighted by atomic mass is 10.2. The van der Waals surface area contributed by atoms with Crippen molar-refractivity contribution in [2.75, 3.05) is 27.2 Å². The highest BCUT2D eigenvalue weighted by Gasteiger charge is 2.30. The normalized spacial score (nSPS) is 19.2. The van der Waals surface area contributed by atoms with Crippen LogP contribution in [0.5, 0.6) is 0 Å². The summed E-state index contributed by atoms with van der Waals surface area (Å²) in [7, 11) is 4.08. The molecule has 0 aromatic carbocycles. The van der Waals surface area contributed by atoms with Gasteiger partial charge in [0.25, 0.3) is 0 Å². The van der Waals surface area contributed by atoms with Gasteiger partial charge >= 0.3 is 0 Å².